The van der Waals surface area contributed by atoms with Crippen LogP contribution >= 0.6 is 0 Å². The summed E-state index contributed by atoms with van der Waals surface area (Å²) in [5.74, 6) is 0.274. The molecule has 1 aliphatic carbocycles. The third-order valence-electron chi connectivity index (χ3n) is 5.07. The Bertz CT molecular complexity index is 301. The second kappa shape index (κ2) is 6.23. The normalized spacial score (nSPS) is 22.8. The highest BCUT2D eigenvalue weighted by atomic mass is 16.3. The van der Waals surface area contributed by atoms with Crippen LogP contribution in [0.25, 0.3) is 0 Å². The predicted molar refractivity (Wildman–Crippen MR) is 75.9 cm³/mol. The molecule has 4 nitrogen and oxygen atoms in total. The Labute approximate surface area is 116 Å². The van der Waals surface area contributed by atoms with Crippen LogP contribution in [0.4, 0.5) is 0 Å². The van der Waals surface area contributed by atoms with Gasteiger partial charge in [0.05, 0.1) is 6.54 Å². The van der Waals surface area contributed by atoms with Gasteiger partial charge in [-0.1, -0.05) is 13.8 Å². The molecule has 2 aliphatic rings. The van der Waals surface area contributed by atoms with Gasteiger partial charge in [0.1, 0.15) is 0 Å². The van der Waals surface area contributed by atoms with Crippen molar-refractivity contribution in [1.82, 2.24) is 9.80 Å². The number of likely N-dealkylation sites (N-methyl/N-ethyl adjacent to an activating group) is 1. The van der Waals surface area contributed by atoms with Gasteiger partial charge in [0, 0.05) is 25.7 Å². The molecule has 0 aromatic rings. The highest BCUT2D eigenvalue weighted by Crippen LogP contribution is 2.34. The van der Waals surface area contributed by atoms with Gasteiger partial charge >= 0.3 is 0 Å². The highest BCUT2D eigenvalue weighted by molar-refractivity contribution is 5.78. The zero-order chi connectivity index (χ0) is 13.9. The number of amides is 1. The molecule has 1 saturated carbocycles. The molecule has 2 fully saturated rings. The predicted octanol–water partition coefficient (Wildman–Crippen LogP) is 1.48. The van der Waals surface area contributed by atoms with E-state index in [1.165, 1.54) is 12.8 Å². The third-order valence-corrected chi connectivity index (χ3v) is 5.07. The summed E-state index contributed by atoms with van der Waals surface area (Å²) < 4.78 is 0. The van der Waals surface area contributed by atoms with Crippen molar-refractivity contribution in [2.75, 3.05) is 32.8 Å². The number of carbonyl (C=O) groups is 1. The number of aliphatic hydroxyl groups is 1. The molecule has 0 bridgehead atoms. The van der Waals surface area contributed by atoms with E-state index in [1.807, 2.05) is 4.90 Å². The van der Waals surface area contributed by atoms with E-state index in [2.05, 4.69) is 18.7 Å². The topological polar surface area (TPSA) is 43.8 Å². The van der Waals surface area contributed by atoms with Gasteiger partial charge in [-0.05, 0) is 44.1 Å². The van der Waals surface area contributed by atoms with E-state index in [4.69, 9.17) is 0 Å². The van der Waals surface area contributed by atoms with Gasteiger partial charge in [-0.25, -0.2) is 0 Å². The van der Waals surface area contributed by atoms with Crippen LogP contribution in [0.5, 0.6) is 0 Å². The number of likely N-dealkylation sites (tertiary alicyclic amines) is 1. The van der Waals surface area contributed by atoms with Crippen molar-refractivity contribution in [3.63, 3.8) is 0 Å². The molecule has 1 heterocycles. The molecule has 1 aliphatic heterocycles. The molecule has 2 rings (SSSR count). The van der Waals surface area contributed by atoms with Crippen LogP contribution in [-0.2, 0) is 4.79 Å². The lowest BCUT2D eigenvalue weighted by Crippen LogP contribution is -2.48. The number of piperidine rings is 1. The van der Waals surface area contributed by atoms with Crippen LogP contribution in [0.3, 0.4) is 0 Å². The maximum atomic E-state index is 12.3. The number of nitrogens with zero attached hydrogens (tertiary/aromatic N) is 2. The molecule has 0 atom stereocenters. The Morgan fingerprint density at radius 3 is 2.37 bits per heavy atom. The second-order valence-electron chi connectivity index (χ2n) is 6.19. The van der Waals surface area contributed by atoms with E-state index in [0.717, 1.165) is 38.9 Å². The van der Waals surface area contributed by atoms with E-state index in [9.17, 15) is 9.90 Å². The Morgan fingerprint density at radius 1 is 1.32 bits per heavy atom. The first kappa shape index (κ1) is 14.8. The average Bonchev–Trinajstić information content (AvgIpc) is 3.29. The molecule has 1 N–H and O–H groups in total. The first-order chi connectivity index (χ1) is 9.14. The molecule has 0 aromatic carbocycles. The average molecular weight is 268 g/mol. The minimum Gasteiger partial charge on any atom is -0.396 e. The van der Waals surface area contributed by atoms with Crippen molar-refractivity contribution in [1.29, 1.82) is 0 Å². The highest BCUT2D eigenvalue weighted by Gasteiger charge is 2.35. The largest absolute Gasteiger partial charge is 0.396 e. The summed E-state index contributed by atoms with van der Waals surface area (Å²) in [6, 6.07) is 0.658. The first-order valence-corrected chi connectivity index (χ1v) is 7.77. The Morgan fingerprint density at radius 2 is 1.95 bits per heavy atom. The zero-order valence-electron chi connectivity index (χ0n) is 12.4. The maximum absolute atomic E-state index is 12.3. The Balaban J connectivity index is 1.81. The number of carbonyl (C=O) groups excluding carboxylic acids is 1. The summed E-state index contributed by atoms with van der Waals surface area (Å²) in [6.45, 7) is 7.72. The number of hydrogen-bond donors (Lipinski definition) is 1. The molecule has 1 amide bonds. The van der Waals surface area contributed by atoms with E-state index in [-0.39, 0.29) is 17.9 Å². The molecule has 0 unspecified atom stereocenters. The molecule has 4 heteroatoms. The van der Waals surface area contributed by atoms with Crippen molar-refractivity contribution in [3.8, 4) is 0 Å². The van der Waals surface area contributed by atoms with Crippen LogP contribution in [0.1, 0.15) is 46.0 Å². The van der Waals surface area contributed by atoms with Gasteiger partial charge in [0.2, 0.25) is 5.91 Å². The summed E-state index contributed by atoms with van der Waals surface area (Å²) in [6.07, 6.45) is 5.41. The maximum Gasteiger partial charge on any atom is 0.236 e. The first-order valence-electron chi connectivity index (χ1n) is 7.77. The lowest BCUT2D eigenvalue weighted by molar-refractivity contribution is -0.135. The summed E-state index contributed by atoms with van der Waals surface area (Å²) >= 11 is 0. The van der Waals surface area contributed by atoms with Crippen molar-refractivity contribution in [2.24, 2.45) is 5.41 Å². The fourth-order valence-corrected chi connectivity index (χ4v) is 3.07. The smallest absolute Gasteiger partial charge is 0.236 e. The second-order valence-corrected chi connectivity index (χ2v) is 6.19. The van der Waals surface area contributed by atoms with Crippen LogP contribution in [-0.4, -0.2) is 59.6 Å². The quantitative estimate of drug-likeness (QED) is 0.793. The minimum absolute atomic E-state index is 0.0672. The van der Waals surface area contributed by atoms with Crippen molar-refractivity contribution < 1.29 is 9.90 Å². The van der Waals surface area contributed by atoms with E-state index >= 15 is 0 Å². The molecule has 0 radical (unpaired) electrons. The third kappa shape index (κ3) is 3.48. The van der Waals surface area contributed by atoms with Gasteiger partial charge in [0.15, 0.2) is 0 Å². The van der Waals surface area contributed by atoms with Gasteiger partial charge in [-0.2, -0.15) is 0 Å². The van der Waals surface area contributed by atoms with Gasteiger partial charge < -0.3 is 10.0 Å². The van der Waals surface area contributed by atoms with Gasteiger partial charge in [-0.15, -0.1) is 0 Å². The van der Waals surface area contributed by atoms with Crippen molar-refractivity contribution in [3.05, 3.63) is 0 Å². The number of rotatable bonds is 6. The fourth-order valence-electron chi connectivity index (χ4n) is 3.07. The molecule has 19 heavy (non-hydrogen) atoms. The number of aliphatic hydroxyl groups excluding tert-OH is 1. The van der Waals surface area contributed by atoms with Crippen molar-refractivity contribution >= 4 is 5.91 Å². The molecular weight excluding hydrogens is 240 g/mol. The lowest BCUT2D eigenvalue weighted by Gasteiger charge is -2.40. The summed E-state index contributed by atoms with van der Waals surface area (Å²) in [5.41, 5.74) is 0.0672. The van der Waals surface area contributed by atoms with E-state index in [0.29, 0.717) is 12.6 Å². The molecular formula is C15H28N2O2. The molecule has 1 saturated heterocycles. The van der Waals surface area contributed by atoms with E-state index < -0.39 is 0 Å². The minimum atomic E-state index is 0.0672. The fraction of sp³-hybridized carbons (Fsp3) is 0.933. The summed E-state index contributed by atoms with van der Waals surface area (Å²) in [5, 5.41) is 9.52. The Kier molecular flexibility index (Phi) is 4.85. The van der Waals surface area contributed by atoms with Crippen LogP contribution in [0, 0.1) is 5.41 Å². The zero-order valence-corrected chi connectivity index (χ0v) is 12.4. The molecule has 110 valence electrons. The van der Waals surface area contributed by atoms with Gasteiger partial charge in [0.25, 0.3) is 0 Å². The SMILES string of the molecule is CCN(CC(=O)N1CCC(CC)(CO)CC1)C1CC1. The molecule has 0 spiro atoms. The van der Waals surface area contributed by atoms with E-state index in [1.54, 1.807) is 0 Å². The monoisotopic (exact) mass is 268 g/mol. The Hall–Kier alpha value is -0.610. The lowest BCUT2D eigenvalue weighted by atomic mass is 9.77. The summed E-state index contributed by atoms with van der Waals surface area (Å²) in [4.78, 5) is 16.6. The number of hydrogen-bond acceptors (Lipinski definition) is 3. The van der Waals surface area contributed by atoms with Crippen molar-refractivity contribution in [2.45, 2.75) is 52.0 Å². The van der Waals surface area contributed by atoms with Gasteiger partial charge in [-0.3, -0.25) is 9.69 Å². The summed E-state index contributed by atoms with van der Waals surface area (Å²) in [7, 11) is 0. The molecule has 0 aromatic heterocycles. The standard InChI is InChI=1S/C15H28N2O2/c1-3-15(12-18)7-9-17(10-8-15)14(19)11-16(4-2)13-5-6-13/h13,18H,3-12H2,1-2H3. The van der Waals surface area contributed by atoms with Crippen LogP contribution in [0.15, 0.2) is 0 Å². The van der Waals surface area contributed by atoms with Crippen LogP contribution < -0.4 is 0 Å². The van der Waals surface area contributed by atoms with Crippen LogP contribution in [0.2, 0.25) is 0 Å².